The van der Waals surface area contributed by atoms with Crippen LogP contribution >= 0.6 is 0 Å². The summed E-state index contributed by atoms with van der Waals surface area (Å²) in [5.41, 5.74) is 2.19. The second kappa shape index (κ2) is 7.25. The summed E-state index contributed by atoms with van der Waals surface area (Å²) in [4.78, 5) is 0. The molecule has 0 aliphatic heterocycles. The molecule has 1 atom stereocenters. The van der Waals surface area contributed by atoms with Crippen molar-refractivity contribution in [3.05, 3.63) is 59.3 Å². The van der Waals surface area contributed by atoms with Gasteiger partial charge in [0, 0.05) is 18.0 Å². The van der Waals surface area contributed by atoms with Crippen LogP contribution in [0.2, 0.25) is 0 Å². The molecule has 108 valence electrons. The Bertz CT molecular complexity index is 535. The number of rotatable bonds is 7. The zero-order valence-electron chi connectivity index (χ0n) is 12.2. The molecular weight excluding hydrogens is 253 g/mol. The summed E-state index contributed by atoms with van der Waals surface area (Å²) in [6.45, 7) is 5.16. The summed E-state index contributed by atoms with van der Waals surface area (Å²) in [6.07, 6.45) is 4.44. The number of furan rings is 1. The summed E-state index contributed by atoms with van der Waals surface area (Å²) in [5, 5.41) is 3.53. The molecule has 0 radical (unpaired) electrons. The van der Waals surface area contributed by atoms with Crippen LogP contribution in [0.1, 0.15) is 43.2 Å². The van der Waals surface area contributed by atoms with Gasteiger partial charge in [-0.05, 0) is 43.1 Å². The van der Waals surface area contributed by atoms with E-state index in [1.54, 1.807) is 18.4 Å². The topological polar surface area (TPSA) is 25.2 Å². The van der Waals surface area contributed by atoms with Crippen molar-refractivity contribution >= 4 is 0 Å². The molecule has 0 fully saturated rings. The number of hydrogen-bond acceptors (Lipinski definition) is 2. The lowest BCUT2D eigenvalue weighted by molar-refractivity contribution is 0.481. The molecule has 0 spiro atoms. The lowest BCUT2D eigenvalue weighted by Crippen LogP contribution is -2.24. The van der Waals surface area contributed by atoms with Crippen molar-refractivity contribution in [2.24, 2.45) is 0 Å². The fourth-order valence-corrected chi connectivity index (χ4v) is 2.46. The summed E-state index contributed by atoms with van der Waals surface area (Å²) in [7, 11) is 0. The largest absolute Gasteiger partial charge is 0.469 e. The van der Waals surface area contributed by atoms with Gasteiger partial charge in [0.1, 0.15) is 11.6 Å². The highest BCUT2D eigenvalue weighted by Crippen LogP contribution is 2.24. The first-order valence-electron chi connectivity index (χ1n) is 7.28. The first-order chi connectivity index (χ1) is 9.74. The van der Waals surface area contributed by atoms with E-state index in [2.05, 4.69) is 19.2 Å². The first kappa shape index (κ1) is 14.8. The van der Waals surface area contributed by atoms with E-state index in [-0.39, 0.29) is 11.9 Å². The Balaban J connectivity index is 2.19. The molecule has 3 heteroatoms. The molecule has 2 rings (SSSR count). The minimum absolute atomic E-state index is 0.172. The molecule has 2 nitrogen and oxygen atoms in total. The highest BCUT2D eigenvalue weighted by Gasteiger charge is 2.17. The van der Waals surface area contributed by atoms with E-state index < -0.39 is 0 Å². The third-order valence-electron chi connectivity index (χ3n) is 3.45. The third-order valence-corrected chi connectivity index (χ3v) is 3.45. The highest BCUT2D eigenvalue weighted by atomic mass is 19.1. The predicted molar refractivity (Wildman–Crippen MR) is 79.2 cm³/mol. The molecule has 20 heavy (non-hydrogen) atoms. The summed E-state index contributed by atoms with van der Waals surface area (Å²) in [6, 6.07) is 9.00. The molecule has 1 unspecified atom stereocenters. The van der Waals surface area contributed by atoms with Crippen molar-refractivity contribution in [2.45, 2.75) is 39.2 Å². The minimum Gasteiger partial charge on any atom is -0.469 e. The Morgan fingerprint density at radius 2 is 2.10 bits per heavy atom. The number of benzene rings is 1. The van der Waals surface area contributed by atoms with Crippen molar-refractivity contribution in [1.29, 1.82) is 0 Å². The lowest BCUT2D eigenvalue weighted by atomic mass is 9.98. The molecule has 1 aromatic carbocycles. The number of aryl methyl sites for hydroxylation is 1. The number of hydrogen-bond donors (Lipinski definition) is 1. The lowest BCUT2D eigenvalue weighted by Gasteiger charge is -2.19. The molecular formula is C17H22FNO. The van der Waals surface area contributed by atoms with E-state index in [9.17, 15) is 4.39 Å². The van der Waals surface area contributed by atoms with Crippen LogP contribution in [0.15, 0.2) is 41.0 Å². The van der Waals surface area contributed by atoms with E-state index in [0.29, 0.717) is 0 Å². The Labute approximate surface area is 120 Å². The van der Waals surface area contributed by atoms with Crippen molar-refractivity contribution in [3.63, 3.8) is 0 Å². The van der Waals surface area contributed by atoms with Crippen LogP contribution in [0.25, 0.3) is 0 Å². The van der Waals surface area contributed by atoms with Gasteiger partial charge in [-0.2, -0.15) is 0 Å². The van der Waals surface area contributed by atoms with Crippen LogP contribution in [0.5, 0.6) is 0 Å². The Kier molecular flexibility index (Phi) is 5.36. The van der Waals surface area contributed by atoms with Crippen LogP contribution in [0.3, 0.4) is 0 Å². The van der Waals surface area contributed by atoms with Gasteiger partial charge in [-0.1, -0.05) is 26.0 Å². The smallest absolute Gasteiger partial charge is 0.123 e. The maximum atomic E-state index is 13.3. The zero-order valence-corrected chi connectivity index (χ0v) is 12.2. The molecule has 2 aromatic rings. The second-order valence-corrected chi connectivity index (χ2v) is 4.99. The average Bonchev–Trinajstić information content (AvgIpc) is 2.92. The normalized spacial score (nSPS) is 12.6. The molecule has 1 heterocycles. The Morgan fingerprint density at radius 1 is 1.25 bits per heavy atom. The van der Waals surface area contributed by atoms with E-state index in [1.165, 1.54) is 11.6 Å². The van der Waals surface area contributed by atoms with Crippen molar-refractivity contribution in [3.8, 4) is 0 Å². The van der Waals surface area contributed by atoms with Gasteiger partial charge in [0.15, 0.2) is 0 Å². The summed E-state index contributed by atoms with van der Waals surface area (Å²) >= 11 is 0. The van der Waals surface area contributed by atoms with Gasteiger partial charge in [-0.15, -0.1) is 0 Å². The Morgan fingerprint density at radius 3 is 2.80 bits per heavy atom. The maximum Gasteiger partial charge on any atom is 0.123 e. The van der Waals surface area contributed by atoms with Crippen molar-refractivity contribution in [1.82, 2.24) is 5.32 Å². The molecule has 1 aromatic heterocycles. The molecule has 0 aliphatic rings. The van der Waals surface area contributed by atoms with Gasteiger partial charge in [-0.3, -0.25) is 0 Å². The quantitative estimate of drug-likeness (QED) is 0.816. The van der Waals surface area contributed by atoms with Crippen molar-refractivity contribution < 1.29 is 8.81 Å². The summed E-state index contributed by atoms with van der Waals surface area (Å²) < 4.78 is 18.8. The number of nitrogens with one attached hydrogen (secondary N) is 1. The second-order valence-electron chi connectivity index (χ2n) is 4.99. The van der Waals surface area contributed by atoms with Crippen LogP contribution in [0, 0.1) is 5.82 Å². The molecule has 0 saturated carbocycles. The van der Waals surface area contributed by atoms with E-state index in [1.807, 2.05) is 12.1 Å². The van der Waals surface area contributed by atoms with E-state index in [0.717, 1.165) is 37.1 Å². The van der Waals surface area contributed by atoms with Crippen molar-refractivity contribution in [2.75, 3.05) is 6.54 Å². The molecule has 0 bridgehead atoms. The first-order valence-corrected chi connectivity index (χ1v) is 7.28. The molecule has 1 N–H and O–H groups in total. The highest BCUT2D eigenvalue weighted by molar-refractivity contribution is 5.26. The SMILES string of the molecule is CCCNC(Cc1cccc(F)c1)c1ccoc1CC. The minimum atomic E-state index is -0.181. The van der Waals surface area contributed by atoms with Crippen LogP contribution in [0.4, 0.5) is 4.39 Å². The Hall–Kier alpha value is -1.61. The number of halogens is 1. The van der Waals surface area contributed by atoms with Gasteiger partial charge in [0.2, 0.25) is 0 Å². The van der Waals surface area contributed by atoms with E-state index >= 15 is 0 Å². The monoisotopic (exact) mass is 275 g/mol. The van der Waals surface area contributed by atoms with Gasteiger partial charge >= 0.3 is 0 Å². The predicted octanol–water partition coefficient (Wildman–Crippen LogP) is 4.26. The van der Waals surface area contributed by atoms with E-state index in [4.69, 9.17) is 4.42 Å². The molecule has 0 aliphatic carbocycles. The standard InChI is InChI=1S/C17H22FNO/c1-3-9-19-16(15-8-10-20-17(15)4-2)12-13-6-5-7-14(18)11-13/h5-8,10-11,16,19H,3-4,9,12H2,1-2H3. The van der Waals surface area contributed by atoms with Gasteiger partial charge in [0.25, 0.3) is 0 Å². The van der Waals surface area contributed by atoms with Gasteiger partial charge in [0.05, 0.1) is 6.26 Å². The van der Waals surface area contributed by atoms with Crippen LogP contribution < -0.4 is 5.32 Å². The molecule has 0 amide bonds. The summed E-state index contributed by atoms with van der Waals surface area (Å²) in [5.74, 6) is 0.828. The van der Waals surface area contributed by atoms with Crippen LogP contribution in [-0.2, 0) is 12.8 Å². The zero-order chi connectivity index (χ0) is 14.4. The molecule has 0 saturated heterocycles. The van der Waals surface area contributed by atoms with Gasteiger partial charge < -0.3 is 9.73 Å². The fraction of sp³-hybridized carbons (Fsp3) is 0.412. The fourth-order valence-electron chi connectivity index (χ4n) is 2.46. The average molecular weight is 275 g/mol. The third kappa shape index (κ3) is 3.70. The maximum absolute atomic E-state index is 13.3. The van der Waals surface area contributed by atoms with Gasteiger partial charge in [-0.25, -0.2) is 4.39 Å². The van der Waals surface area contributed by atoms with Crippen LogP contribution in [-0.4, -0.2) is 6.54 Å².